The molecular formula is C22H28N2O3. The van der Waals surface area contributed by atoms with E-state index in [1.807, 2.05) is 40.9 Å². The van der Waals surface area contributed by atoms with Gasteiger partial charge in [0.1, 0.15) is 5.60 Å². The molecule has 144 valence electrons. The van der Waals surface area contributed by atoms with Gasteiger partial charge in [0.15, 0.2) is 0 Å². The summed E-state index contributed by atoms with van der Waals surface area (Å²) in [6.07, 6.45) is 6.76. The predicted molar refractivity (Wildman–Crippen MR) is 104 cm³/mol. The molecule has 1 saturated carbocycles. The first-order valence-corrected chi connectivity index (χ1v) is 10.2. The first kappa shape index (κ1) is 17.3. The zero-order valence-corrected chi connectivity index (χ0v) is 16.0. The van der Waals surface area contributed by atoms with Crippen molar-refractivity contribution < 1.29 is 14.3 Å². The normalized spacial score (nSPS) is 23.9. The van der Waals surface area contributed by atoms with E-state index in [1.165, 1.54) is 12.8 Å². The zero-order valence-electron chi connectivity index (χ0n) is 16.0. The smallest absolute Gasteiger partial charge is 0.256 e. The van der Waals surface area contributed by atoms with Crippen LogP contribution in [0.25, 0.3) is 10.9 Å². The third-order valence-electron chi connectivity index (χ3n) is 6.59. The Morgan fingerprint density at radius 2 is 2.07 bits per heavy atom. The van der Waals surface area contributed by atoms with Gasteiger partial charge in [-0.05, 0) is 43.6 Å². The number of hydrogen-bond donors (Lipinski definition) is 0. The van der Waals surface area contributed by atoms with E-state index in [4.69, 9.17) is 9.47 Å². The molecule has 1 atom stereocenters. The van der Waals surface area contributed by atoms with Crippen LogP contribution in [0.5, 0.6) is 0 Å². The minimum atomic E-state index is -0.136. The predicted octanol–water partition coefficient (Wildman–Crippen LogP) is 3.23. The molecule has 3 fully saturated rings. The number of hydrogen-bond acceptors (Lipinski definition) is 3. The number of benzene rings is 1. The van der Waals surface area contributed by atoms with Gasteiger partial charge in [0, 0.05) is 44.0 Å². The van der Waals surface area contributed by atoms with Crippen LogP contribution >= 0.6 is 0 Å². The van der Waals surface area contributed by atoms with E-state index in [1.54, 1.807) is 0 Å². The highest BCUT2D eigenvalue weighted by Crippen LogP contribution is 2.42. The van der Waals surface area contributed by atoms with Crippen molar-refractivity contribution in [3.8, 4) is 0 Å². The van der Waals surface area contributed by atoms with E-state index in [2.05, 4.69) is 6.07 Å². The van der Waals surface area contributed by atoms with Gasteiger partial charge in [0.25, 0.3) is 5.91 Å². The Morgan fingerprint density at radius 3 is 2.89 bits per heavy atom. The summed E-state index contributed by atoms with van der Waals surface area (Å²) < 4.78 is 14.0. The summed E-state index contributed by atoms with van der Waals surface area (Å²) in [7, 11) is 1.99. The highest BCUT2D eigenvalue weighted by molar-refractivity contribution is 6.07. The first-order chi connectivity index (χ1) is 13.2. The maximum atomic E-state index is 13.1. The van der Waals surface area contributed by atoms with Crippen molar-refractivity contribution in [3.05, 3.63) is 36.0 Å². The number of carbonyl (C=O) groups is 1. The molecular weight excluding hydrogens is 340 g/mol. The molecule has 1 aromatic heterocycles. The number of ether oxygens (including phenoxy) is 2. The lowest BCUT2D eigenvalue weighted by Crippen LogP contribution is -2.66. The number of rotatable bonds is 6. The SMILES string of the molecule is Cn1cc(C(=O)N2CC3(C2)OCC[C@@H]3CCOCC2CC2)c2ccccc21. The topological polar surface area (TPSA) is 43.7 Å². The van der Waals surface area contributed by atoms with Crippen molar-refractivity contribution in [1.82, 2.24) is 9.47 Å². The van der Waals surface area contributed by atoms with Crippen LogP contribution in [-0.2, 0) is 16.5 Å². The van der Waals surface area contributed by atoms with Gasteiger partial charge in [-0.2, -0.15) is 0 Å². The monoisotopic (exact) mass is 368 g/mol. The number of aromatic nitrogens is 1. The number of amides is 1. The lowest BCUT2D eigenvalue weighted by Gasteiger charge is -2.50. The molecule has 1 spiro atoms. The molecule has 0 radical (unpaired) electrons. The molecule has 1 aliphatic carbocycles. The van der Waals surface area contributed by atoms with Gasteiger partial charge in [-0.3, -0.25) is 4.79 Å². The van der Waals surface area contributed by atoms with Crippen LogP contribution in [0.4, 0.5) is 0 Å². The average Bonchev–Trinajstić information content (AvgIpc) is 3.28. The second-order valence-electron chi connectivity index (χ2n) is 8.54. The maximum Gasteiger partial charge on any atom is 0.256 e. The quantitative estimate of drug-likeness (QED) is 0.736. The maximum absolute atomic E-state index is 13.1. The Bertz CT molecular complexity index is 848. The van der Waals surface area contributed by atoms with Crippen LogP contribution in [0.15, 0.2) is 30.5 Å². The number of para-hydroxylation sites is 1. The molecule has 5 rings (SSSR count). The molecule has 27 heavy (non-hydrogen) atoms. The van der Waals surface area contributed by atoms with Crippen molar-refractivity contribution in [2.24, 2.45) is 18.9 Å². The minimum absolute atomic E-state index is 0.122. The van der Waals surface area contributed by atoms with Gasteiger partial charge in [-0.25, -0.2) is 0 Å². The molecule has 2 aliphatic heterocycles. The Kier molecular flexibility index (Phi) is 4.25. The molecule has 5 heteroatoms. The number of aryl methyl sites for hydroxylation is 1. The second-order valence-corrected chi connectivity index (χ2v) is 8.54. The Balaban J connectivity index is 1.22. The second kappa shape index (κ2) is 6.64. The fourth-order valence-electron chi connectivity index (χ4n) is 4.73. The molecule has 1 amide bonds. The van der Waals surface area contributed by atoms with Gasteiger partial charge in [0.2, 0.25) is 0 Å². The summed E-state index contributed by atoms with van der Waals surface area (Å²) in [6.45, 7) is 3.98. The van der Waals surface area contributed by atoms with Gasteiger partial charge in [-0.15, -0.1) is 0 Å². The Labute approximate surface area is 160 Å². The number of carbonyl (C=O) groups excluding carboxylic acids is 1. The third kappa shape index (κ3) is 3.07. The van der Waals surface area contributed by atoms with Crippen LogP contribution < -0.4 is 0 Å². The molecule has 2 saturated heterocycles. The molecule has 2 aromatic rings. The Hall–Kier alpha value is -1.85. The van der Waals surface area contributed by atoms with Crippen LogP contribution in [-0.4, -0.2) is 53.9 Å². The van der Waals surface area contributed by atoms with E-state index in [0.29, 0.717) is 19.0 Å². The summed E-state index contributed by atoms with van der Waals surface area (Å²) in [4.78, 5) is 15.0. The van der Waals surface area contributed by atoms with Crippen molar-refractivity contribution in [3.63, 3.8) is 0 Å². The molecule has 1 aromatic carbocycles. The van der Waals surface area contributed by atoms with Gasteiger partial charge < -0.3 is 18.9 Å². The van der Waals surface area contributed by atoms with E-state index < -0.39 is 0 Å². The van der Waals surface area contributed by atoms with E-state index in [9.17, 15) is 4.79 Å². The van der Waals surface area contributed by atoms with Gasteiger partial charge in [0.05, 0.1) is 18.7 Å². The van der Waals surface area contributed by atoms with Crippen molar-refractivity contribution in [2.45, 2.75) is 31.3 Å². The van der Waals surface area contributed by atoms with Crippen LogP contribution in [0.3, 0.4) is 0 Å². The van der Waals surface area contributed by atoms with Crippen LogP contribution in [0.1, 0.15) is 36.0 Å². The molecule has 0 N–H and O–H groups in total. The summed E-state index contributed by atoms with van der Waals surface area (Å²) in [5.74, 6) is 1.45. The summed E-state index contributed by atoms with van der Waals surface area (Å²) in [6, 6.07) is 8.09. The highest BCUT2D eigenvalue weighted by atomic mass is 16.5. The van der Waals surface area contributed by atoms with Crippen LogP contribution in [0, 0.1) is 11.8 Å². The van der Waals surface area contributed by atoms with E-state index in [0.717, 1.165) is 55.0 Å². The van der Waals surface area contributed by atoms with E-state index >= 15 is 0 Å². The third-order valence-corrected chi connectivity index (χ3v) is 6.59. The minimum Gasteiger partial charge on any atom is -0.381 e. The standard InChI is InChI=1S/C22H28N2O3/c1-23-12-19(18-4-2-3-5-20(18)23)21(25)24-14-22(15-24)17(9-11-27-22)8-10-26-13-16-6-7-16/h2-5,12,16-17H,6-11,13-15H2,1H3/t17-/m0/s1. The summed E-state index contributed by atoms with van der Waals surface area (Å²) in [5.41, 5.74) is 1.76. The molecule has 3 heterocycles. The van der Waals surface area contributed by atoms with Crippen molar-refractivity contribution in [2.75, 3.05) is 32.9 Å². The molecule has 0 bridgehead atoms. The summed E-state index contributed by atoms with van der Waals surface area (Å²) in [5, 5.41) is 1.03. The molecule has 3 aliphatic rings. The largest absolute Gasteiger partial charge is 0.381 e. The fraction of sp³-hybridized carbons (Fsp3) is 0.591. The van der Waals surface area contributed by atoms with Crippen molar-refractivity contribution in [1.29, 1.82) is 0 Å². The van der Waals surface area contributed by atoms with Gasteiger partial charge >= 0.3 is 0 Å². The lowest BCUT2D eigenvalue weighted by atomic mass is 9.79. The fourth-order valence-corrected chi connectivity index (χ4v) is 4.73. The first-order valence-electron chi connectivity index (χ1n) is 10.2. The van der Waals surface area contributed by atoms with Crippen molar-refractivity contribution >= 4 is 16.8 Å². The number of likely N-dealkylation sites (tertiary alicyclic amines) is 1. The van der Waals surface area contributed by atoms with E-state index in [-0.39, 0.29) is 11.5 Å². The molecule has 0 unspecified atom stereocenters. The number of fused-ring (bicyclic) bond motifs is 1. The zero-order chi connectivity index (χ0) is 18.4. The van der Waals surface area contributed by atoms with Gasteiger partial charge in [-0.1, -0.05) is 18.2 Å². The molecule has 5 nitrogen and oxygen atoms in total. The summed E-state index contributed by atoms with van der Waals surface area (Å²) >= 11 is 0. The van der Waals surface area contributed by atoms with Crippen LogP contribution in [0.2, 0.25) is 0 Å². The highest BCUT2D eigenvalue weighted by Gasteiger charge is 2.54. The average molecular weight is 368 g/mol. The Morgan fingerprint density at radius 1 is 1.26 bits per heavy atom. The lowest BCUT2D eigenvalue weighted by molar-refractivity contribution is -0.120. The number of nitrogens with zero attached hydrogens (tertiary/aromatic N) is 2.